The third-order valence-electron chi connectivity index (χ3n) is 7.97. The molecule has 2 unspecified atom stereocenters. The number of carbonyl (C=O) groups excluding carboxylic acids is 2. The lowest BCUT2D eigenvalue weighted by Gasteiger charge is -2.21. The van der Waals surface area contributed by atoms with Gasteiger partial charge in [0.25, 0.3) is 0 Å². The summed E-state index contributed by atoms with van der Waals surface area (Å²) in [5, 5.41) is 0. The third-order valence-corrected chi connectivity index (χ3v) is 7.97. The van der Waals surface area contributed by atoms with Crippen molar-refractivity contribution in [1.82, 2.24) is 4.90 Å². The molecule has 0 aliphatic rings. The molecule has 5 nitrogen and oxygen atoms in total. The van der Waals surface area contributed by atoms with E-state index in [1.54, 1.807) is 0 Å². The quantitative estimate of drug-likeness (QED) is 0.0638. The molecule has 0 aliphatic carbocycles. The van der Waals surface area contributed by atoms with E-state index in [4.69, 9.17) is 9.47 Å². The second-order valence-corrected chi connectivity index (χ2v) is 12.4. The van der Waals surface area contributed by atoms with Crippen LogP contribution in [0.1, 0.15) is 175 Å². The molecule has 0 spiro atoms. The van der Waals surface area contributed by atoms with E-state index in [1.807, 2.05) is 14.1 Å². The van der Waals surface area contributed by atoms with E-state index in [0.717, 1.165) is 64.3 Å². The Morgan fingerprint density at radius 2 is 1.02 bits per heavy atom. The maximum absolute atomic E-state index is 13.1. The van der Waals surface area contributed by atoms with Crippen molar-refractivity contribution in [2.45, 2.75) is 181 Å². The Hall–Kier alpha value is -1.10. The summed E-state index contributed by atoms with van der Waals surface area (Å²) in [5.74, 6) is -0.276. The normalized spacial score (nSPS) is 12.9. The van der Waals surface area contributed by atoms with Gasteiger partial charge in [0.05, 0.1) is 5.92 Å². The highest BCUT2D eigenvalue weighted by molar-refractivity contribution is 5.72. The lowest BCUT2D eigenvalue weighted by molar-refractivity contribution is -0.162. The summed E-state index contributed by atoms with van der Waals surface area (Å²) in [6, 6.07) is 0. The van der Waals surface area contributed by atoms with Crippen molar-refractivity contribution in [3.05, 3.63) is 0 Å². The van der Waals surface area contributed by atoms with Crippen molar-refractivity contribution >= 4 is 11.9 Å². The molecule has 0 bridgehead atoms. The molecule has 5 heteroatoms. The predicted molar refractivity (Wildman–Crippen MR) is 171 cm³/mol. The molecular formula is C35H69NO4. The number of nitrogens with zero attached hydrogens (tertiary/aromatic N) is 1. The molecule has 2 atom stereocenters. The molecule has 0 saturated heterocycles. The summed E-state index contributed by atoms with van der Waals surface area (Å²) >= 11 is 0. The fourth-order valence-electron chi connectivity index (χ4n) is 5.29. The number of hydrogen-bond donors (Lipinski definition) is 0. The lowest BCUT2D eigenvalue weighted by Crippen LogP contribution is -2.28. The van der Waals surface area contributed by atoms with Gasteiger partial charge in [-0.05, 0) is 52.7 Å². The van der Waals surface area contributed by atoms with Gasteiger partial charge in [-0.3, -0.25) is 9.59 Å². The van der Waals surface area contributed by atoms with Gasteiger partial charge in [-0.2, -0.15) is 0 Å². The minimum Gasteiger partial charge on any atom is -0.462 e. The van der Waals surface area contributed by atoms with Crippen molar-refractivity contribution in [3.63, 3.8) is 0 Å². The Kier molecular flexibility index (Phi) is 28.6. The summed E-state index contributed by atoms with van der Waals surface area (Å²) in [7, 11) is 4.03. The monoisotopic (exact) mass is 568 g/mol. The van der Waals surface area contributed by atoms with Gasteiger partial charge in [-0.1, -0.05) is 136 Å². The molecule has 0 heterocycles. The molecular weight excluding hydrogens is 498 g/mol. The van der Waals surface area contributed by atoms with Gasteiger partial charge >= 0.3 is 11.9 Å². The molecule has 0 rings (SSSR count). The van der Waals surface area contributed by atoms with Crippen LogP contribution in [-0.4, -0.2) is 50.2 Å². The van der Waals surface area contributed by atoms with Crippen LogP contribution in [0.2, 0.25) is 0 Å². The average Bonchev–Trinajstić information content (AvgIpc) is 2.93. The second-order valence-electron chi connectivity index (χ2n) is 12.4. The molecule has 0 saturated carbocycles. The first-order valence-electron chi connectivity index (χ1n) is 17.4. The molecule has 0 amide bonds. The molecule has 0 N–H and O–H groups in total. The first-order chi connectivity index (χ1) is 19.4. The minimum atomic E-state index is -0.324. The minimum absolute atomic E-state index is 0.0239. The zero-order chi connectivity index (χ0) is 29.7. The highest BCUT2D eigenvalue weighted by Crippen LogP contribution is 2.21. The maximum Gasteiger partial charge on any atom is 0.309 e. The number of esters is 2. The molecule has 238 valence electrons. The molecule has 0 aromatic carbocycles. The highest BCUT2D eigenvalue weighted by atomic mass is 16.6. The van der Waals surface area contributed by atoms with Gasteiger partial charge in [0.15, 0.2) is 0 Å². The van der Waals surface area contributed by atoms with Gasteiger partial charge in [0.1, 0.15) is 12.7 Å². The third kappa shape index (κ3) is 25.8. The van der Waals surface area contributed by atoms with E-state index in [0.29, 0.717) is 6.42 Å². The number of rotatable bonds is 30. The zero-order valence-electron chi connectivity index (χ0n) is 27.6. The number of hydrogen-bond acceptors (Lipinski definition) is 5. The van der Waals surface area contributed by atoms with Crippen LogP contribution in [0.25, 0.3) is 0 Å². The number of ether oxygens (including phenoxy) is 2. The molecule has 0 aliphatic heterocycles. The van der Waals surface area contributed by atoms with Crippen molar-refractivity contribution in [3.8, 4) is 0 Å². The van der Waals surface area contributed by atoms with E-state index in [9.17, 15) is 9.59 Å². The summed E-state index contributed by atoms with van der Waals surface area (Å²) in [6.07, 6.45) is 27.1. The number of carbonyl (C=O) groups is 2. The van der Waals surface area contributed by atoms with Crippen molar-refractivity contribution in [1.29, 1.82) is 0 Å². The molecule has 0 radical (unpaired) electrons. The predicted octanol–water partition coefficient (Wildman–Crippen LogP) is 10.0. The Morgan fingerprint density at radius 1 is 0.575 bits per heavy atom. The lowest BCUT2D eigenvalue weighted by atomic mass is 9.95. The van der Waals surface area contributed by atoms with Crippen molar-refractivity contribution in [2.24, 2.45) is 5.92 Å². The number of unbranched alkanes of at least 4 members (excludes halogenated alkanes) is 16. The Labute approximate surface area is 249 Å². The Morgan fingerprint density at radius 3 is 1.52 bits per heavy atom. The Bertz CT molecular complexity index is 566. The summed E-state index contributed by atoms with van der Waals surface area (Å²) in [6.45, 7) is 7.76. The van der Waals surface area contributed by atoms with Gasteiger partial charge in [-0.25, -0.2) is 0 Å². The van der Waals surface area contributed by atoms with E-state index >= 15 is 0 Å². The van der Waals surface area contributed by atoms with E-state index in [2.05, 4.69) is 25.7 Å². The first kappa shape index (κ1) is 38.9. The van der Waals surface area contributed by atoms with Crippen LogP contribution < -0.4 is 0 Å². The van der Waals surface area contributed by atoms with E-state index in [-0.39, 0.29) is 30.6 Å². The topological polar surface area (TPSA) is 55.8 Å². The van der Waals surface area contributed by atoms with E-state index in [1.165, 1.54) is 89.9 Å². The van der Waals surface area contributed by atoms with Crippen LogP contribution in [0.15, 0.2) is 0 Å². The van der Waals surface area contributed by atoms with E-state index < -0.39 is 0 Å². The van der Waals surface area contributed by atoms with Crippen LogP contribution in [0.5, 0.6) is 0 Å². The summed E-state index contributed by atoms with van der Waals surface area (Å²) < 4.78 is 11.7. The average molecular weight is 568 g/mol. The van der Waals surface area contributed by atoms with Crippen LogP contribution >= 0.6 is 0 Å². The fraction of sp³-hybridized carbons (Fsp3) is 0.943. The van der Waals surface area contributed by atoms with Crippen LogP contribution in [-0.2, 0) is 19.1 Å². The van der Waals surface area contributed by atoms with Crippen molar-refractivity contribution < 1.29 is 19.1 Å². The maximum atomic E-state index is 13.1. The van der Waals surface area contributed by atoms with Gasteiger partial charge in [0.2, 0.25) is 0 Å². The van der Waals surface area contributed by atoms with Gasteiger partial charge in [0, 0.05) is 6.42 Å². The van der Waals surface area contributed by atoms with Gasteiger partial charge in [-0.15, -0.1) is 0 Å². The molecule has 0 fully saturated rings. The van der Waals surface area contributed by atoms with Crippen LogP contribution in [0.4, 0.5) is 0 Å². The fourth-order valence-corrected chi connectivity index (χ4v) is 5.29. The molecule has 40 heavy (non-hydrogen) atoms. The second kappa shape index (κ2) is 29.4. The first-order valence-corrected chi connectivity index (χ1v) is 17.4. The van der Waals surface area contributed by atoms with Crippen LogP contribution in [0.3, 0.4) is 0 Å². The smallest absolute Gasteiger partial charge is 0.309 e. The largest absolute Gasteiger partial charge is 0.462 e. The molecule has 0 aromatic rings. The highest BCUT2D eigenvalue weighted by Gasteiger charge is 2.22. The zero-order valence-corrected chi connectivity index (χ0v) is 27.6. The SMILES string of the molecule is CCCCCCCCCCCC(COC(=O)C(CCCC)CCCCCCCCCC)OC(=O)CCCN(C)C. The summed E-state index contributed by atoms with van der Waals surface area (Å²) in [4.78, 5) is 27.7. The van der Waals surface area contributed by atoms with Crippen LogP contribution in [0, 0.1) is 5.92 Å². The van der Waals surface area contributed by atoms with Gasteiger partial charge < -0.3 is 14.4 Å². The standard InChI is InChI=1S/C35H69NO4/c1-6-9-12-14-16-18-20-22-24-28-33(40-34(37)29-25-30-36(4)5)31-39-35(38)32(26-11-8-3)27-23-21-19-17-15-13-10-7-2/h32-33H,6-31H2,1-5H3. The Balaban J connectivity index is 4.62. The summed E-state index contributed by atoms with van der Waals surface area (Å²) in [5.41, 5.74) is 0. The van der Waals surface area contributed by atoms with Crippen molar-refractivity contribution in [2.75, 3.05) is 27.2 Å². The molecule has 0 aromatic heterocycles.